The minimum atomic E-state index is 0.283. The van der Waals surface area contributed by atoms with Crippen LogP contribution in [0.1, 0.15) is 39.0 Å². The average molecular weight is 200 g/mol. The number of nitrogens with two attached hydrogens (primary N) is 1. The van der Waals surface area contributed by atoms with Crippen LogP contribution in [-0.4, -0.2) is 30.3 Å². The van der Waals surface area contributed by atoms with Crippen molar-refractivity contribution in [3.8, 4) is 0 Å². The highest BCUT2D eigenvalue weighted by molar-refractivity contribution is 4.85. The van der Waals surface area contributed by atoms with Gasteiger partial charge in [-0.05, 0) is 38.1 Å². The van der Waals surface area contributed by atoms with Crippen molar-refractivity contribution in [2.24, 2.45) is 11.7 Å². The highest BCUT2D eigenvalue weighted by Gasteiger charge is 2.27. The van der Waals surface area contributed by atoms with Gasteiger partial charge in [0.1, 0.15) is 0 Å². The molecule has 0 aromatic heterocycles. The maximum absolute atomic E-state index is 8.90. The van der Waals surface area contributed by atoms with E-state index >= 15 is 0 Å². The third kappa shape index (κ3) is 3.23. The van der Waals surface area contributed by atoms with Crippen LogP contribution < -0.4 is 11.1 Å². The minimum Gasteiger partial charge on any atom is -0.396 e. The lowest BCUT2D eigenvalue weighted by molar-refractivity contribution is 0.247. The lowest BCUT2D eigenvalue weighted by Gasteiger charge is -2.25. The van der Waals surface area contributed by atoms with Crippen molar-refractivity contribution in [1.29, 1.82) is 0 Å². The van der Waals surface area contributed by atoms with Gasteiger partial charge < -0.3 is 16.2 Å². The third-order valence-electron chi connectivity index (χ3n) is 3.38. The van der Waals surface area contributed by atoms with Crippen molar-refractivity contribution in [3.63, 3.8) is 0 Å². The quantitative estimate of drug-likeness (QED) is 0.596. The highest BCUT2D eigenvalue weighted by atomic mass is 16.3. The first-order valence-corrected chi connectivity index (χ1v) is 5.88. The number of hydrogen-bond donors (Lipinski definition) is 3. The van der Waals surface area contributed by atoms with E-state index < -0.39 is 0 Å². The van der Waals surface area contributed by atoms with E-state index in [1.54, 1.807) is 0 Å². The average Bonchev–Trinajstić information content (AvgIpc) is 2.64. The summed E-state index contributed by atoms with van der Waals surface area (Å²) in [7, 11) is 0. The first-order chi connectivity index (χ1) is 6.81. The molecule has 0 radical (unpaired) electrons. The maximum Gasteiger partial charge on any atom is 0.0445 e. The van der Waals surface area contributed by atoms with Crippen LogP contribution in [0.3, 0.4) is 0 Å². The largest absolute Gasteiger partial charge is 0.396 e. The van der Waals surface area contributed by atoms with E-state index in [1.165, 1.54) is 19.3 Å². The highest BCUT2D eigenvalue weighted by Crippen LogP contribution is 2.25. The summed E-state index contributed by atoms with van der Waals surface area (Å²) in [5.74, 6) is 0.655. The number of nitrogens with one attached hydrogen (secondary N) is 1. The monoisotopic (exact) mass is 200 g/mol. The molecule has 0 spiro atoms. The Bertz CT molecular complexity index is 152. The standard InChI is InChI=1S/C11H24N2O/c1-2-10(6-7-14)13-11-5-3-4-9(11)8-12/h9-11,13-14H,2-8,12H2,1H3. The molecule has 0 heterocycles. The maximum atomic E-state index is 8.90. The molecule has 1 aliphatic carbocycles. The summed E-state index contributed by atoms with van der Waals surface area (Å²) in [6, 6.07) is 1.06. The van der Waals surface area contributed by atoms with E-state index in [1.807, 2.05) is 0 Å². The van der Waals surface area contributed by atoms with Gasteiger partial charge in [-0.1, -0.05) is 13.3 Å². The Kier molecular flexibility index (Phi) is 5.45. The van der Waals surface area contributed by atoms with Crippen LogP contribution in [0.4, 0.5) is 0 Å². The second kappa shape index (κ2) is 6.38. The van der Waals surface area contributed by atoms with Crippen LogP contribution >= 0.6 is 0 Å². The van der Waals surface area contributed by atoms with E-state index in [4.69, 9.17) is 10.8 Å². The van der Waals surface area contributed by atoms with Crippen molar-refractivity contribution in [2.75, 3.05) is 13.2 Å². The molecule has 0 aliphatic heterocycles. The Morgan fingerprint density at radius 1 is 1.50 bits per heavy atom. The van der Waals surface area contributed by atoms with Gasteiger partial charge in [-0.15, -0.1) is 0 Å². The summed E-state index contributed by atoms with van der Waals surface area (Å²) >= 11 is 0. The van der Waals surface area contributed by atoms with E-state index in [9.17, 15) is 0 Å². The van der Waals surface area contributed by atoms with Crippen molar-refractivity contribution in [1.82, 2.24) is 5.32 Å². The molecule has 1 fully saturated rings. The molecular formula is C11H24N2O. The molecule has 14 heavy (non-hydrogen) atoms. The van der Waals surface area contributed by atoms with Crippen LogP contribution in [0.25, 0.3) is 0 Å². The molecule has 0 saturated heterocycles. The second-order valence-corrected chi connectivity index (χ2v) is 4.32. The third-order valence-corrected chi connectivity index (χ3v) is 3.38. The van der Waals surface area contributed by atoms with Gasteiger partial charge in [0.25, 0.3) is 0 Å². The van der Waals surface area contributed by atoms with Crippen LogP contribution in [0.5, 0.6) is 0 Å². The van der Waals surface area contributed by atoms with Crippen LogP contribution in [-0.2, 0) is 0 Å². The Balaban J connectivity index is 2.32. The molecule has 3 atom stereocenters. The molecule has 4 N–H and O–H groups in total. The Morgan fingerprint density at radius 2 is 2.29 bits per heavy atom. The summed E-state index contributed by atoms with van der Waals surface area (Å²) in [5, 5.41) is 12.5. The van der Waals surface area contributed by atoms with Crippen molar-refractivity contribution >= 4 is 0 Å². The zero-order valence-corrected chi connectivity index (χ0v) is 9.21. The lowest BCUT2D eigenvalue weighted by atomic mass is 10.0. The molecule has 0 bridgehead atoms. The summed E-state index contributed by atoms with van der Waals surface area (Å²) in [6.07, 6.45) is 5.78. The Labute approximate surface area is 87.1 Å². The van der Waals surface area contributed by atoms with E-state index in [-0.39, 0.29) is 6.61 Å². The Hall–Kier alpha value is -0.120. The van der Waals surface area contributed by atoms with E-state index in [0.717, 1.165) is 19.4 Å². The van der Waals surface area contributed by atoms with Crippen molar-refractivity contribution < 1.29 is 5.11 Å². The van der Waals surface area contributed by atoms with Gasteiger partial charge in [0.15, 0.2) is 0 Å². The van der Waals surface area contributed by atoms with Gasteiger partial charge in [-0.3, -0.25) is 0 Å². The second-order valence-electron chi connectivity index (χ2n) is 4.32. The molecule has 3 nitrogen and oxygen atoms in total. The molecule has 1 rings (SSSR count). The zero-order chi connectivity index (χ0) is 10.4. The number of aliphatic hydroxyl groups excluding tert-OH is 1. The zero-order valence-electron chi connectivity index (χ0n) is 9.21. The minimum absolute atomic E-state index is 0.283. The molecule has 3 unspecified atom stereocenters. The fourth-order valence-electron chi connectivity index (χ4n) is 2.40. The van der Waals surface area contributed by atoms with Gasteiger partial charge in [-0.25, -0.2) is 0 Å². The fourth-order valence-corrected chi connectivity index (χ4v) is 2.40. The summed E-state index contributed by atoms with van der Waals surface area (Å²) < 4.78 is 0. The summed E-state index contributed by atoms with van der Waals surface area (Å²) in [4.78, 5) is 0. The molecule has 3 heteroatoms. The first-order valence-electron chi connectivity index (χ1n) is 5.88. The van der Waals surface area contributed by atoms with Gasteiger partial charge in [0, 0.05) is 18.7 Å². The van der Waals surface area contributed by atoms with Crippen molar-refractivity contribution in [3.05, 3.63) is 0 Å². The molecular weight excluding hydrogens is 176 g/mol. The smallest absolute Gasteiger partial charge is 0.0445 e. The van der Waals surface area contributed by atoms with Crippen LogP contribution in [0.15, 0.2) is 0 Å². The van der Waals surface area contributed by atoms with Gasteiger partial charge in [0.2, 0.25) is 0 Å². The summed E-state index contributed by atoms with van der Waals surface area (Å²) in [6.45, 7) is 3.25. The lowest BCUT2D eigenvalue weighted by Crippen LogP contribution is -2.42. The van der Waals surface area contributed by atoms with Crippen LogP contribution in [0, 0.1) is 5.92 Å². The molecule has 1 aliphatic rings. The number of aliphatic hydroxyl groups is 1. The van der Waals surface area contributed by atoms with E-state index in [2.05, 4.69) is 12.2 Å². The Morgan fingerprint density at radius 3 is 2.86 bits per heavy atom. The topological polar surface area (TPSA) is 58.3 Å². The van der Waals surface area contributed by atoms with Gasteiger partial charge in [-0.2, -0.15) is 0 Å². The molecule has 0 aromatic rings. The molecule has 0 amide bonds. The predicted molar refractivity (Wildman–Crippen MR) is 59.1 cm³/mol. The first kappa shape index (κ1) is 12.0. The van der Waals surface area contributed by atoms with E-state index in [0.29, 0.717) is 18.0 Å². The SMILES string of the molecule is CCC(CCO)NC1CCCC1CN. The predicted octanol–water partition coefficient (Wildman–Crippen LogP) is 0.864. The van der Waals surface area contributed by atoms with Crippen molar-refractivity contribution in [2.45, 2.75) is 51.1 Å². The molecule has 1 saturated carbocycles. The number of rotatable bonds is 6. The molecule has 84 valence electrons. The number of hydrogen-bond acceptors (Lipinski definition) is 3. The normalized spacial score (nSPS) is 29.4. The fraction of sp³-hybridized carbons (Fsp3) is 1.00. The van der Waals surface area contributed by atoms with Gasteiger partial charge in [0.05, 0.1) is 0 Å². The van der Waals surface area contributed by atoms with Crippen LogP contribution in [0.2, 0.25) is 0 Å². The summed E-state index contributed by atoms with van der Waals surface area (Å²) in [5.41, 5.74) is 5.73. The van der Waals surface area contributed by atoms with Gasteiger partial charge >= 0.3 is 0 Å². The molecule has 0 aromatic carbocycles.